The molecule has 0 amide bonds. The highest BCUT2D eigenvalue weighted by atomic mass is 35.5. The Kier molecular flexibility index (Phi) is 4.33. The van der Waals surface area contributed by atoms with Gasteiger partial charge >= 0.3 is 0 Å². The molecule has 0 bridgehead atoms. The predicted octanol–water partition coefficient (Wildman–Crippen LogP) is 3.87. The maximum atomic E-state index is 6.19. The summed E-state index contributed by atoms with van der Waals surface area (Å²) in [6, 6.07) is 7.73. The number of benzene rings is 1. The van der Waals surface area contributed by atoms with Gasteiger partial charge in [0.25, 0.3) is 0 Å². The van der Waals surface area contributed by atoms with Gasteiger partial charge in [0, 0.05) is 34.0 Å². The van der Waals surface area contributed by atoms with Crippen molar-refractivity contribution in [3.8, 4) is 0 Å². The number of rotatable bonds is 4. The average molecular weight is 283 g/mol. The highest BCUT2D eigenvalue weighted by molar-refractivity contribution is 6.35. The molecule has 0 aliphatic carbocycles. The van der Waals surface area contributed by atoms with E-state index in [-0.39, 0.29) is 0 Å². The smallest absolute Gasteiger partial charge is 0.0502 e. The molecule has 0 fully saturated rings. The van der Waals surface area contributed by atoms with Gasteiger partial charge in [-0.3, -0.25) is 0 Å². The number of nitrogens with one attached hydrogen (secondary N) is 1. The lowest BCUT2D eigenvalue weighted by Crippen LogP contribution is -2.07. The number of hydrogen-bond acceptors (Lipinski definition) is 1. The topological polar surface area (TPSA) is 17.0 Å². The van der Waals surface area contributed by atoms with Crippen molar-refractivity contribution in [3.05, 3.63) is 57.3 Å². The van der Waals surface area contributed by atoms with Gasteiger partial charge in [-0.25, -0.2) is 0 Å². The molecule has 18 heavy (non-hydrogen) atoms. The van der Waals surface area contributed by atoms with E-state index in [1.165, 1.54) is 11.3 Å². The number of hydrogen-bond donors (Lipinski definition) is 1. The third-order valence-corrected chi connectivity index (χ3v) is 3.82. The molecule has 0 unspecified atom stereocenters. The summed E-state index contributed by atoms with van der Waals surface area (Å²) in [5.41, 5.74) is 3.50. The van der Waals surface area contributed by atoms with Crippen LogP contribution in [0.25, 0.3) is 0 Å². The molecule has 0 saturated carbocycles. The maximum Gasteiger partial charge on any atom is 0.0502 e. The molecule has 2 nitrogen and oxygen atoms in total. The van der Waals surface area contributed by atoms with Gasteiger partial charge < -0.3 is 9.88 Å². The Morgan fingerprint density at radius 3 is 2.44 bits per heavy atom. The van der Waals surface area contributed by atoms with E-state index >= 15 is 0 Å². The Hall–Kier alpha value is -0.960. The van der Waals surface area contributed by atoms with Crippen molar-refractivity contribution in [2.75, 3.05) is 7.05 Å². The largest absolute Gasteiger partial charge is 0.347 e. The minimum atomic E-state index is 0.702. The van der Waals surface area contributed by atoms with Crippen LogP contribution in [0.2, 0.25) is 10.0 Å². The molecule has 0 radical (unpaired) electrons. The van der Waals surface area contributed by atoms with Crippen molar-refractivity contribution < 1.29 is 0 Å². The summed E-state index contributed by atoms with van der Waals surface area (Å²) < 4.78 is 2.17. The SMILES string of the molecule is CNCc1ccn(Cc2c(Cl)cccc2Cl)c1C. The molecular formula is C14H16Cl2N2. The fourth-order valence-corrected chi connectivity index (χ4v) is 2.52. The van der Waals surface area contributed by atoms with Crippen molar-refractivity contribution in [1.29, 1.82) is 0 Å². The Balaban J connectivity index is 2.29. The van der Waals surface area contributed by atoms with Crippen LogP contribution in [0, 0.1) is 6.92 Å². The van der Waals surface area contributed by atoms with Gasteiger partial charge in [-0.05, 0) is 37.7 Å². The zero-order valence-electron chi connectivity index (χ0n) is 10.5. The number of nitrogens with zero attached hydrogens (tertiary/aromatic N) is 1. The fraction of sp³-hybridized carbons (Fsp3) is 0.286. The number of aromatic nitrogens is 1. The van der Waals surface area contributed by atoms with Crippen LogP contribution in [0.4, 0.5) is 0 Å². The molecule has 96 valence electrons. The van der Waals surface area contributed by atoms with Gasteiger partial charge in [0.2, 0.25) is 0 Å². The Morgan fingerprint density at radius 2 is 1.83 bits per heavy atom. The molecule has 0 spiro atoms. The Morgan fingerprint density at radius 1 is 1.17 bits per heavy atom. The lowest BCUT2D eigenvalue weighted by Gasteiger charge is -2.11. The van der Waals surface area contributed by atoms with Crippen molar-refractivity contribution in [1.82, 2.24) is 9.88 Å². The van der Waals surface area contributed by atoms with E-state index in [0.717, 1.165) is 12.1 Å². The molecule has 4 heteroatoms. The highest BCUT2D eigenvalue weighted by Crippen LogP contribution is 2.26. The van der Waals surface area contributed by atoms with E-state index in [4.69, 9.17) is 23.2 Å². The van der Waals surface area contributed by atoms with E-state index in [1.807, 2.05) is 25.2 Å². The minimum Gasteiger partial charge on any atom is -0.347 e. The van der Waals surface area contributed by atoms with Gasteiger partial charge in [0.15, 0.2) is 0 Å². The second kappa shape index (κ2) is 5.79. The third kappa shape index (κ3) is 2.72. The first-order valence-electron chi connectivity index (χ1n) is 5.85. The zero-order chi connectivity index (χ0) is 13.1. The quantitative estimate of drug-likeness (QED) is 0.901. The third-order valence-electron chi connectivity index (χ3n) is 3.11. The molecule has 1 aromatic heterocycles. The predicted molar refractivity (Wildman–Crippen MR) is 77.5 cm³/mol. The van der Waals surface area contributed by atoms with Crippen molar-refractivity contribution in [2.45, 2.75) is 20.0 Å². The number of halogens is 2. The summed E-state index contributed by atoms with van der Waals surface area (Å²) in [6.07, 6.45) is 2.07. The summed E-state index contributed by atoms with van der Waals surface area (Å²) in [5, 5.41) is 4.59. The molecule has 2 aromatic rings. The highest BCUT2D eigenvalue weighted by Gasteiger charge is 2.09. The average Bonchev–Trinajstić information content (AvgIpc) is 2.67. The molecular weight excluding hydrogens is 267 g/mol. The van der Waals surface area contributed by atoms with Gasteiger partial charge in [-0.15, -0.1) is 0 Å². The van der Waals surface area contributed by atoms with Crippen LogP contribution >= 0.6 is 23.2 Å². The second-order valence-electron chi connectivity index (χ2n) is 4.28. The van der Waals surface area contributed by atoms with Crippen molar-refractivity contribution >= 4 is 23.2 Å². The van der Waals surface area contributed by atoms with Gasteiger partial charge in [-0.2, -0.15) is 0 Å². The molecule has 2 rings (SSSR count). The molecule has 0 saturated heterocycles. The van der Waals surface area contributed by atoms with Crippen LogP contribution in [0.3, 0.4) is 0 Å². The summed E-state index contributed by atoms with van der Waals surface area (Å²) >= 11 is 12.4. The minimum absolute atomic E-state index is 0.702. The van der Waals surface area contributed by atoms with Gasteiger partial charge in [0.05, 0.1) is 6.54 Å². The summed E-state index contributed by atoms with van der Waals surface area (Å²) in [7, 11) is 1.95. The van der Waals surface area contributed by atoms with Crippen LogP contribution in [0.5, 0.6) is 0 Å². The summed E-state index contributed by atoms with van der Waals surface area (Å²) in [5.74, 6) is 0. The fourth-order valence-electron chi connectivity index (χ4n) is 2.00. The van der Waals surface area contributed by atoms with E-state index in [0.29, 0.717) is 16.6 Å². The van der Waals surface area contributed by atoms with Crippen LogP contribution < -0.4 is 5.32 Å². The first-order chi connectivity index (χ1) is 8.63. The van der Waals surface area contributed by atoms with E-state index in [1.54, 1.807) is 0 Å². The molecule has 1 N–H and O–H groups in total. The van der Waals surface area contributed by atoms with E-state index < -0.39 is 0 Å². The van der Waals surface area contributed by atoms with Crippen LogP contribution in [-0.2, 0) is 13.1 Å². The lowest BCUT2D eigenvalue weighted by atomic mass is 10.2. The maximum absolute atomic E-state index is 6.19. The molecule has 1 aromatic carbocycles. The molecule has 0 atom stereocenters. The summed E-state index contributed by atoms with van der Waals surface area (Å²) in [4.78, 5) is 0. The van der Waals surface area contributed by atoms with Crippen LogP contribution in [0.15, 0.2) is 30.5 Å². The van der Waals surface area contributed by atoms with Crippen LogP contribution in [-0.4, -0.2) is 11.6 Å². The molecule has 0 aliphatic heterocycles. The summed E-state index contributed by atoms with van der Waals surface area (Å²) in [6.45, 7) is 3.68. The molecule has 0 aliphatic rings. The first-order valence-corrected chi connectivity index (χ1v) is 6.61. The molecule has 1 heterocycles. The van der Waals surface area contributed by atoms with Crippen molar-refractivity contribution in [2.24, 2.45) is 0 Å². The van der Waals surface area contributed by atoms with Crippen LogP contribution in [0.1, 0.15) is 16.8 Å². The monoisotopic (exact) mass is 282 g/mol. The van der Waals surface area contributed by atoms with Gasteiger partial charge in [-0.1, -0.05) is 29.3 Å². The van der Waals surface area contributed by atoms with E-state index in [9.17, 15) is 0 Å². The van der Waals surface area contributed by atoms with Gasteiger partial charge in [0.1, 0.15) is 0 Å². The Labute approximate surface area is 118 Å². The van der Waals surface area contributed by atoms with Crippen molar-refractivity contribution in [3.63, 3.8) is 0 Å². The normalized spacial score (nSPS) is 10.9. The zero-order valence-corrected chi connectivity index (χ0v) is 12.0. The standard InChI is InChI=1S/C14H16Cl2N2/c1-10-11(8-17-2)6-7-18(10)9-12-13(15)4-3-5-14(12)16/h3-7,17H,8-9H2,1-2H3. The first kappa shape index (κ1) is 13.5. The Bertz CT molecular complexity index is 526. The lowest BCUT2D eigenvalue weighted by molar-refractivity contribution is 0.753. The second-order valence-corrected chi connectivity index (χ2v) is 5.10. The van der Waals surface area contributed by atoms with E-state index in [2.05, 4.69) is 29.1 Å².